The van der Waals surface area contributed by atoms with Crippen LogP contribution in [0.15, 0.2) is 0 Å². The van der Waals surface area contributed by atoms with E-state index in [4.69, 9.17) is 0 Å². The lowest BCUT2D eigenvalue weighted by Gasteiger charge is -1.88. The van der Waals surface area contributed by atoms with Crippen molar-refractivity contribution in [3.05, 3.63) is 6.92 Å². The van der Waals surface area contributed by atoms with Gasteiger partial charge in [-0.2, -0.15) is 0 Å². The Morgan fingerprint density at radius 3 is 2.50 bits per heavy atom. The smallest absolute Gasteiger partial charge is 0.0652 e. The Morgan fingerprint density at radius 2 is 2.38 bits per heavy atom. The molecule has 1 unspecified atom stereocenters. The molecule has 0 amide bonds. The van der Waals surface area contributed by atoms with Crippen molar-refractivity contribution < 1.29 is 4.21 Å². The number of hydrogen-bond acceptors (Lipinski definition) is 1. The second-order valence-corrected chi connectivity index (χ2v) is 2.65. The van der Waals surface area contributed by atoms with E-state index in [0.29, 0.717) is 11.7 Å². The van der Waals surface area contributed by atoms with Crippen molar-refractivity contribution in [2.45, 2.75) is 31.4 Å². The Bertz CT molecular complexity index is 63.5. The van der Waals surface area contributed by atoms with Crippen molar-refractivity contribution in [2.75, 3.05) is 0 Å². The highest BCUT2D eigenvalue weighted by Gasteiger charge is 2.16. The monoisotopic (exact) mass is 132 g/mol. The van der Waals surface area contributed by atoms with Gasteiger partial charge in [-0.15, -0.1) is 0 Å². The minimum absolute atomic E-state index is 0.250. The molecule has 0 saturated carbocycles. The molecule has 0 saturated heterocycles. The van der Waals surface area contributed by atoms with Crippen molar-refractivity contribution in [3.8, 4) is 0 Å². The topological polar surface area (TPSA) is 17.1 Å². The summed E-state index contributed by atoms with van der Waals surface area (Å²) in [5.74, 6) is 0. The Labute approximate surface area is 55.0 Å². The van der Waals surface area contributed by atoms with Crippen LogP contribution in [0.5, 0.6) is 0 Å². The number of hydrogen-bond donors (Lipinski definition) is 0. The molecule has 0 spiro atoms. The zero-order valence-electron chi connectivity index (χ0n) is 5.22. The van der Waals surface area contributed by atoms with Crippen LogP contribution < -0.4 is 0 Å². The molecule has 1 atom stereocenters. The quantitative estimate of drug-likeness (QED) is 0.533. The van der Waals surface area contributed by atoms with Gasteiger partial charge in [0, 0.05) is 17.1 Å². The Balaban J connectivity index is 3.21. The maximum Gasteiger partial charge on any atom is 0.462 e. The molecule has 0 aliphatic rings. The van der Waals surface area contributed by atoms with Crippen LogP contribution in [0.1, 0.15) is 26.2 Å². The van der Waals surface area contributed by atoms with E-state index < -0.39 is 0 Å². The van der Waals surface area contributed by atoms with Crippen molar-refractivity contribution in [3.63, 3.8) is 0 Å². The van der Waals surface area contributed by atoms with Crippen molar-refractivity contribution in [1.82, 2.24) is 0 Å². The van der Waals surface area contributed by atoms with Crippen LogP contribution in [0, 0.1) is 6.92 Å². The first-order chi connectivity index (χ1) is 3.85. The summed E-state index contributed by atoms with van der Waals surface area (Å²) in [6, 6.07) is 0. The van der Waals surface area contributed by atoms with Gasteiger partial charge in [0.2, 0.25) is 5.25 Å². The lowest BCUT2D eigenvalue weighted by atomic mass is 10.2. The standard InChI is InChI=1S/C6H12OS/c1-3-5-6(4-2)8-7/h6H,2-5H2,1H3/q+1. The third-order valence-corrected chi connectivity index (χ3v) is 1.81. The van der Waals surface area contributed by atoms with E-state index in [1.165, 1.54) is 0 Å². The number of rotatable bonds is 4. The second kappa shape index (κ2) is 5.16. The summed E-state index contributed by atoms with van der Waals surface area (Å²) in [6.07, 6.45) is 2.87. The first-order valence-electron chi connectivity index (χ1n) is 2.93. The van der Waals surface area contributed by atoms with Crippen LogP contribution in [0.4, 0.5) is 0 Å². The summed E-state index contributed by atoms with van der Waals surface area (Å²) >= 11 is 0.682. The average molecular weight is 132 g/mol. The molecule has 0 aromatic carbocycles. The fourth-order valence-electron chi connectivity index (χ4n) is 0.563. The van der Waals surface area contributed by atoms with E-state index in [-0.39, 0.29) is 5.25 Å². The Hall–Kier alpha value is 0.0200. The van der Waals surface area contributed by atoms with Crippen molar-refractivity contribution in [1.29, 1.82) is 0 Å². The van der Waals surface area contributed by atoms with E-state index in [1.807, 2.05) is 0 Å². The molecule has 0 aromatic heterocycles. The largest absolute Gasteiger partial charge is 0.462 e. The van der Waals surface area contributed by atoms with Crippen LogP contribution in [0.25, 0.3) is 0 Å². The summed E-state index contributed by atoms with van der Waals surface area (Å²) in [7, 11) is 0. The van der Waals surface area contributed by atoms with E-state index in [1.54, 1.807) is 0 Å². The van der Waals surface area contributed by atoms with E-state index in [2.05, 4.69) is 13.8 Å². The molecule has 0 aliphatic heterocycles. The van der Waals surface area contributed by atoms with Gasteiger partial charge in [-0.25, -0.2) is 0 Å². The maximum atomic E-state index is 10.1. The van der Waals surface area contributed by atoms with Crippen LogP contribution >= 0.6 is 0 Å². The minimum atomic E-state index is 0.250. The van der Waals surface area contributed by atoms with E-state index in [9.17, 15) is 4.21 Å². The molecule has 1 radical (unpaired) electrons. The molecule has 0 heterocycles. The molecule has 8 heavy (non-hydrogen) atoms. The van der Waals surface area contributed by atoms with Crippen LogP contribution in [0.3, 0.4) is 0 Å². The molecular formula is C6H12OS+. The fraction of sp³-hybridized carbons (Fsp3) is 0.833. The Morgan fingerprint density at radius 1 is 1.75 bits per heavy atom. The van der Waals surface area contributed by atoms with Gasteiger partial charge in [-0.05, 0) is 6.92 Å². The van der Waals surface area contributed by atoms with Gasteiger partial charge in [0.05, 0.1) is 0 Å². The maximum absolute atomic E-state index is 10.1. The molecule has 0 aromatic rings. The van der Waals surface area contributed by atoms with Crippen molar-refractivity contribution >= 4 is 11.7 Å². The van der Waals surface area contributed by atoms with Gasteiger partial charge in [-0.3, -0.25) is 0 Å². The third-order valence-electron chi connectivity index (χ3n) is 1.07. The first-order valence-corrected chi connectivity index (χ1v) is 3.73. The zero-order chi connectivity index (χ0) is 6.41. The Kier molecular flexibility index (Phi) is 5.18. The molecule has 0 aliphatic carbocycles. The van der Waals surface area contributed by atoms with Gasteiger partial charge in [0.1, 0.15) is 0 Å². The minimum Gasteiger partial charge on any atom is -0.0652 e. The molecule has 47 valence electrons. The third kappa shape index (κ3) is 3.08. The highest BCUT2D eigenvalue weighted by molar-refractivity contribution is 7.66. The van der Waals surface area contributed by atoms with Gasteiger partial charge in [-0.1, -0.05) is 13.3 Å². The second-order valence-electron chi connectivity index (χ2n) is 1.80. The van der Waals surface area contributed by atoms with Crippen LogP contribution in [-0.2, 0) is 15.9 Å². The summed E-state index contributed by atoms with van der Waals surface area (Å²) < 4.78 is 10.1. The summed E-state index contributed by atoms with van der Waals surface area (Å²) in [5, 5.41) is 0.250. The molecule has 2 heteroatoms. The van der Waals surface area contributed by atoms with E-state index >= 15 is 0 Å². The first kappa shape index (κ1) is 8.02. The highest BCUT2D eigenvalue weighted by Crippen LogP contribution is 2.01. The fourth-order valence-corrected chi connectivity index (χ4v) is 0.991. The molecule has 0 fully saturated rings. The van der Waals surface area contributed by atoms with Gasteiger partial charge in [0.25, 0.3) is 0 Å². The van der Waals surface area contributed by atoms with E-state index in [0.717, 1.165) is 19.3 Å². The average Bonchev–Trinajstić information content (AvgIpc) is 1.83. The van der Waals surface area contributed by atoms with Gasteiger partial charge >= 0.3 is 11.7 Å². The lowest BCUT2D eigenvalue weighted by molar-refractivity contribution is 0.591. The summed E-state index contributed by atoms with van der Waals surface area (Å²) in [6.45, 7) is 5.74. The summed E-state index contributed by atoms with van der Waals surface area (Å²) in [4.78, 5) is 0. The highest BCUT2D eigenvalue weighted by atomic mass is 32.1. The molecular weight excluding hydrogens is 120 g/mol. The van der Waals surface area contributed by atoms with Crippen molar-refractivity contribution in [2.24, 2.45) is 0 Å². The lowest BCUT2D eigenvalue weighted by Crippen LogP contribution is -2.01. The van der Waals surface area contributed by atoms with Gasteiger partial charge < -0.3 is 0 Å². The summed E-state index contributed by atoms with van der Waals surface area (Å²) in [5.41, 5.74) is 0. The molecule has 0 rings (SSSR count). The normalized spacial score (nSPS) is 13.2. The SMILES string of the molecule is [CH2]CC(CCC)[S+]=O. The predicted octanol–water partition coefficient (Wildman–Crippen LogP) is 1.81. The molecule has 0 N–H and O–H groups in total. The van der Waals surface area contributed by atoms with Gasteiger partial charge in [0.15, 0.2) is 0 Å². The molecule has 0 bridgehead atoms. The van der Waals surface area contributed by atoms with Crippen LogP contribution in [-0.4, -0.2) is 5.25 Å². The molecule has 1 nitrogen and oxygen atoms in total. The predicted molar refractivity (Wildman–Crippen MR) is 36.7 cm³/mol. The zero-order valence-corrected chi connectivity index (χ0v) is 6.04. The van der Waals surface area contributed by atoms with Crippen LogP contribution in [0.2, 0.25) is 0 Å².